The highest BCUT2D eigenvalue weighted by Gasteiger charge is 2.60. The van der Waals surface area contributed by atoms with Crippen molar-refractivity contribution in [1.29, 1.82) is 0 Å². The molecular formula is C8H13F2N. The highest BCUT2D eigenvalue weighted by molar-refractivity contribution is 5.05. The standard InChI is InChI=1S/C8H13F2N/c1-8(9,10)7-5-2-3-11-4-6(5)7/h5-7,11H,2-4H2,1H3. The van der Waals surface area contributed by atoms with Crippen molar-refractivity contribution in [1.82, 2.24) is 5.32 Å². The summed E-state index contributed by atoms with van der Waals surface area (Å²) in [6.45, 7) is 2.78. The second-order valence-corrected chi connectivity index (χ2v) is 3.80. The first kappa shape index (κ1) is 7.47. The first-order valence-electron chi connectivity index (χ1n) is 4.19. The summed E-state index contributed by atoms with van der Waals surface area (Å²) in [6.07, 6.45) is 0.943. The number of hydrogen-bond donors (Lipinski definition) is 1. The van der Waals surface area contributed by atoms with Crippen LogP contribution in [0.25, 0.3) is 0 Å². The van der Waals surface area contributed by atoms with Gasteiger partial charge in [-0.3, -0.25) is 0 Å². The lowest BCUT2D eigenvalue weighted by Crippen LogP contribution is -2.24. The Balaban J connectivity index is 2.00. The number of fused-ring (bicyclic) bond motifs is 1. The van der Waals surface area contributed by atoms with Crippen LogP contribution in [0.4, 0.5) is 8.78 Å². The quantitative estimate of drug-likeness (QED) is 0.614. The highest BCUT2D eigenvalue weighted by Crippen LogP contribution is 2.57. The van der Waals surface area contributed by atoms with Crippen LogP contribution in [-0.2, 0) is 0 Å². The van der Waals surface area contributed by atoms with Gasteiger partial charge in [0.05, 0.1) is 0 Å². The Labute approximate surface area is 65.2 Å². The summed E-state index contributed by atoms with van der Waals surface area (Å²) in [5, 5.41) is 3.14. The molecule has 2 rings (SSSR count). The zero-order valence-corrected chi connectivity index (χ0v) is 6.61. The Hall–Kier alpha value is -0.180. The molecule has 1 aliphatic carbocycles. The number of halogens is 2. The Bertz CT molecular complexity index is 152. The van der Waals surface area contributed by atoms with Crippen LogP contribution in [0.2, 0.25) is 0 Å². The van der Waals surface area contributed by atoms with E-state index in [1.54, 1.807) is 0 Å². The molecule has 0 bridgehead atoms. The lowest BCUT2D eigenvalue weighted by atomic mass is 10.1. The average Bonchev–Trinajstić information content (AvgIpc) is 2.58. The molecule has 1 saturated carbocycles. The zero-order chi connectivity index (χ0) is 8.06. The van der Waals surface area contributed by atoms with Crippen molar-refractivity contribution in [3.8, 4) is 0 Å². The van der Waals surface area contributed by atoms with Crippen molar-refractivity contribution in [3.05, 3.63) is 0 Å². The molecule has 3 unspecified atom stereocenters. The monoisotopic (exact) mass is 161 g/mol. The van der Waals surface area contributed by atoms with Gasteiger partial charge in [0.25, 0.3) is 0 Å². The molecule has 0 aromatic carbocycles. The van der Waals surface area contributed by atoms with Gasteiger partial charge in [-0.15, -0.1) is 0 Å². The minimum Gasteiger partial charge on any atom is -0.316 e. The van der Waals surface area contributed by atoms with Gasteiger partial charge in [-0.1, -0.05) is 0 Å². The number of alkyl halides is 2. The maximum atomic E-state index is 12.8. The van der Waals surface area contributed by atoms with Crippen molar-refractivity contribution in [2.45, 2.75) is 19.3 Å². The van der Waals surface area contributed by atoms with E-state index in [0.29, 0.717) is 5.92 Å². The summed E-state index contributed by atoms with van der Waals surface area (Å²) < 4.78 is 25.6. The van der Waals surface area contributed by atoms with Gasteiger partial charge in [0, 0.05) is 5.92 Å². The van der Waals surface area contributed by atoms with E-state index in [1.807, 2.05) is 0 Å². The number of hydrogen-bond acceptors (Lipinski definition) is 1. The van der Waals surface area contributed by atoms with Crippen LogP contribution in [0.15, 0.2) is 0 Å². The van der Waals surface area contributed by atoms with Gasteiger partial charge < -0.3 is 5.32 Å². The van der Waals surface area contributed by atoms with Crippen molar-refractivity contribution in [2.24, 2.45) is 17.8 Å². The first-order valence-corrected chi connectivity index (χ1v) is 4.19. The lowest BCUT2D eigenvalue weighted by molar-refractivity contribution is -0.0109. The van der Waals surface area contributed by atoms with Gasteiger partial charge in [-0.25, -0.2) is 8.78 Å². The van der Waals surface area contributed by atoms with Crippen LogP contribution in [0, 0.1) is 17.8 Å². The molecule has 11 heavy (non-hydrogen) atoms. The van der Waals surface area contributed by atoms with E-state index in [4.69, 9.17) is 0 Å². The summed E-state index contributed by atoms with van der Waals surface area (Å²) in [7, 11) is 0. The van der Waals surface area contributed by atoms with E-state index >= 15 is 0 Å². The third-order valence-electron chi connectivity index (χ3n) is 2.95. The van der Waals surface area contributed by atoms with Gasteiger partial charge in [0.1, 0.15) is 0 Å². The van der Waals surface area contributed by atoms with Gasteiger partial charge in [-0.2, -0.15) is 0 Å². The first-order chi connectivity index (χ1) is 5.11. The van der Waals surface area contributed by atoms with Crippen LogP contribution < -0.4 is 5.32 Å². The van der Waals surface area contributed by atoms with Crippen LogP contribution in [0.3, 0.4) is 0 Å². The third-order valence-corrected chi connectivity index (χ3v) is 2.95. The smallest absolute Gasteiger partial charge is 0.248 e. The Morgan fingerprint density at radius 1 is 1.36 bits per heavy atom. The molecule has 1 nitrogen and oxygen atoms in total. The maximum Gasteiger partial charge on any atom is 0.248 e. The Kier molecular flexibility index (Phi) is 1.46. The summed E-state index contributed by atoms with van der Waals surface area (Å²) >= 11 is 0. The molecular weight excluding hydrogens is 148 g/mol. The fraction of sp³-hybridized carbons (Fsp3) is 1.00. The Morgan fingerprint density at radius 2 is 2.09 bits per heavy atom. The predicted molar refractivity (Wildman–Crippen MR) is 38.6 cm³/mol. The Morgan fingerprint density at radius 3 is 2.55 bits per heavy atom. The summed E-state index contributed by atoms with van der Waals surface area (Å²) in [5.41, 5.74) is 0. The number of nitrogens with one attached hydrogen (secondary N) is 1. The third kappa shape index (κ3) is 1.15. The minimum atomic E-state index is -2.44. The van der Waals surface area contributed by atoms with E-state index in [2.05, 4.69) is 5.32 Å². The van der Waals surface area contributed by atoms with Gasteiger partial charge in [0.15, 0.2) is 0 Å². The highest BCUT2D eigenvalue weighted by atomic mass is 19.3. The zero-order valence-electron chi connectivity index (χ0n) is 6.61. The largest absolute Gasteiger partial charge is 0.316 e. The molecule has 3 heteroatoms. The molecule has 64 valence electrons. The predicted octanol–water partition coefficient (Wildman–Crippen LogP) is 1.50. The molecule has 3 atom stereocenters. The molecule has 0 spiro atoms. The maximum absolute atomic E-state index is 12.8. The SMILES string of the molecule is CC(F)(F)C1C2CCNCC21. The number of piperidine rings is 1. The summed E-state index contributed by atoms with van der Waals surface area (Å²) in [4.78, 5) is 0. The second kappa shape index (κ2) is 2.16. The lowest BCUT2D eigenvalue weighted by Gasteiger charge is -2.08. The molecule has 0 aromatic rings. The molecule has 2 fully saturated rings. The van der Waals surface area contributed by atoms with E-state index in [0.717, 1.165) is 26.4 Å². The van der Waals surface area contributed by atoms with Gasteiger partial charge in [-0.05, 0) is 38.3 Å². The normalized spacial score (nSPS) is 43.4. The van der Waals surface area contributed by atoms with Crippen LogP contribution >= 0.6 is 0 Å². The minimum absolute atomic E-state index is 0.267. The van der Waals surface area contributed by atoms with Crippen LogP contribution in [0.1, 0.15) is 13.3 Å². The summed E-state index contributed by atoms with van der Waals surface area (Å²) in [6, 6.07) is 0. The van der Waals surface area contributed by atoms with Crippen LogP contribution in [-0.4, -0.2) is 19.0 Å². The van der Waals surface area contributed by atoms with E-state index < -0.39 is 5.92 Å². The van der Waals surface area contributed by atoms with Crippen molar-refractivity contribution in [3.63, 3.8) is 0 Å². The molecule has 0 amide bonds. The van der Waals surface area contributed by atoms with Crippen molar-refractivity contribution in [2.75, 3.05) is 13.1 Å². The van der Waals surface area contributed by atoms with E-state index in [1.165, 1.54) is 0 Å². The molecule has 2 aliphatic rings. The van der Waals surface area contributed by atoms with Gasteiger partial charge in [0.2, 0.25) is 5.92 Å². The summed E-state index contributed by atoms with van der Waals surface area (Å²) in [5.74, 6) is -2.18. The van der Waals surface area contributed by atoms with Crippen molar-refractivity contribution >= 4 is 0 Å². The van der Waals surface area contributed by atoms with Crippen LogP contribution in [0.5, 0.6) is 0 Å². The second-order valence-electron chi connectivity index (χ2n) is 3.80. The topological polar surface area (TPSA) is 12.0 Å². The molecule has 0 aromatic heterocycles. The van der Waals surface area contributed by atoms with E-state index in [9.17, 15) is 8.78 Å². The molecule has 1 heterocycles. The fourth-order valence-electron chi connectivity index (χ4n) is 2.41. The van der Waals surface area contributed by atoms with Gasteiger partial charge >= 0.3 is 0 Å². The molecule has 1 N–H and O–H groups in total. The fourth-order valence-corrected chi connectivity index (χ4v) is 2.41. The molecule has 0 radical (unpaired) electrons. The average molecular weight is 161 g/mol. The van der Waals surface area contributed by atoms with Crippen molar-refractivity contribution < 1.29 is 8.78 Å². The molecule has 1 saturated heterocycles. The van der Waals surface area contributed by atoms with E-state index in [-0.39, 0.29) is 11.8 Å². The molecule has 1 aliphatic heterocycles. The number of rotatable bonds is 1.